The quantitative estimate of drug-likeness (QED) is 0.588. The lowest BCUT2D eigenvalue weighted by molar-refractivity contribution is 0.481. The van der Waals surface area contributed by atoms with Gasteiger partial charge in [-0.15, -0.1) is 0 Å². The van der Waals surface area contributed by atoms with Crippen molar-refractivity contribution < 1.29 is 5.11 Å². The van der Waals surface area contributed by atoms with Gasteiger partial charge in [0.1, 0.15) is 5.75 Å². The third kappa shape index (κ3) is 0.871. The molecule has 0 saturated carbocycles. The number of rotatable bonds is 0. The molecule has 0 aliphatic rings. The molecule has 0 bridgehead atoms. The van der Waals surface area contributed by atoms with Gasteiger partial charge in [0.05, 0.1) is 0 Å². The number of aromatic hydroxyl groups is 1. The van der Waals surface area contributed by atoms with Crippen molar-refractivity contribution in [1.82, 2.24) is 4.98 Å². The van der Waals surface area contributed by atoms with Crippen molar-refractivity contribution in [3.63, 3.8) is 0 Å². The fourth-order valence-electron chi connectivity index (χ4n) is 1.22. The van der Waals surface area contributed by atoms with Crippen molar-refractivity contribution in [3.8, 4) is 5.75 Å². The predicted octanol–water partition coefficient (Wildman–Crippen LogP) is 2.18. The first-order valence-corrected chi connectivity index (χ1v) is 3.54. The number of benzene rings is 1. The summed E-state index contributed by atoms with van der Waals surface area (Å²) in [5.74, 6) is 0.323. The number of aromatic amines is 1. The summed E-state index contributed by atoms with van der Waals surface area (Å²) in [5, 5.41) is 10.2. The van der Waals surface area contributed by atoms with Crippen LogP contribution in [0.4, 0.5) is 0 Å². The molecular weight excluding hydrogens is 138 g/mol. The van der Waals surface area contributed by atoms with E-state index in [1.54, 1.807) is 6.20 Å². The molecule has 2 aromatic rings. The molecule has 56 valence electrons. The number of fused-ring (bicyclic) bond motifs is 1. The lowest BCUT2D eigenvalue weighted by Gasteiger charge is -1.92. The van der Waals surface area contributed by atoms with Crippen LogP contribution in [-0.2, 0) is 0 Å². The second-order valence-corrected chi connectivity index (χ2v) is 2.72. The third-order valence-corrected chi connectivity index (χ3v) is 1.82. The van der Waals surface area contributed by atoms with Crippen molar-refractivity contribution in [2.45, 2.75) is 6.92 Å². The van der Waals surface area contributed by atoms with Gasteiger partial charge in [-0.3, -0.25) is 0 Å². The molecule has 11 heavy (non-hydrogen) atoms. The first kappa shape index (κ1) is 6.28. The number of H-pyrrole nitrogens is 1. The van der Waals surface area contributed by atoms with E-state index in [1.165, 1.54) is 0 Å². The van der Waals surface area contributed by atoms with E-state index in [0.29, 0.717) is 5.75 Å². The van der Waals surface area contributed by atoms with Gasteiger partial charge >= 0.3 is 0 Å². The molecule has 2 N–H and O–H groups in total. The van der Waals surface area contributed by atoms with Gasteiger partial charge in [0, 0.05) is 17.1 Å². The van der Waals surface area contributed by atoms with Crippen LogP contribution in [0.15, 0.2) is 24.4 Å². The van der Waals surface area contributed by atoms with Crippen molar-refractivity contribution >= 4 is 10.9 Å². The second-order valence-electron chi connectivity index (χ2n) is 2.72. The van der Waals surface area contributed by atoms with Crippen LogP contribution in [-0.4, -0.2) is 10.1 Å². The first-order valence-electron chi connectivity index (χ1n) is 3.54. The van der Waals surface area contributed by atoms with Gasteiger partial charge in [0.25, 0.3) is 0 Å². The van der Waals surface area contributed by atoms with Gasteiger partial charge in [-0.05, 0) is 19.1 Å². The topological polar surface area (TPSA) is 36.0 Å². The van der Waals surface area contributed by atoms with Crippen LogP contribution in [0, 0.1) is 6.92 Å². The Balaban J connectivity index is 2.87. The van der Waals surface area contributed by atoms with E-state index in [1.807, 2.05) is 25.1 Å². The molecule has 0 aliphatic carbocycles. The zero-order chi connectivity index (χ0) is 7.84. The third-order valence-electron chi connectivity index (χ3n) is 1.82. The Morgan fingerprint density at radius 3 is 3.00 bits per heavy atom. The molecule has 2 rings (SSSR count). The fourth-order valence-corrected chi connectivity index (χ4v) is 1.22. The molecule has 0 aliphatic heterocycles. The number of aryl methyl sites for hydroxylation is 1. The molecular formula is C9H9NO. The summed E-state index contributed by atoms with van der Waals surface area (Å²) in [4.78, 5) is 2.97. The van der Waals surface area contributed by atoms with Gasteiger partial charge in [-0.1, -0.05) is 11.6 Å². The van der Waals surface area contributed by atoms with E-state index in [-0.39, 0.29) is 0 Å². The minimum absolute atomic E-state index is 0.323. The summed E-state index contributed by atoms with van der Waals surface area (Å²) >= 11 is 0. The van der Waals surface area contributed by atoms with Gasteiger partial charge in [-0.2, -0.15) is 0 Å². The highest BCUT2D eigenvalue weighted by Gasteiger charge is 1.99. The summed E-state index contributed by atoms with van der Waals surface area (Å²) in [7, 11) is 0. The van der Waals surface area contributed by atoms with Gasteiger partial charge < -0.3 is 10.1 Å². The van der Waals surface area contributed by atoms with Crippen LogP contribution >= 0.6 is 0 Å². The molecule has 1 aromatic carbocycles. The molecule has 1 aromatic heterocycles. The molecule has 0 unspecified atom stereocenters. The Labute approximate surface area is 64.5 Å². The highest BCUT2D eigenvalue weighted by molar-refractivity contribution is 5.86. The fraction of sp³-hybridized carbons (Fsp3) is 0.111. The van der Waals surface area contributed by atoms with Gasteiger partial charge in [0.15, 0.2) is 0 Å². The summed E-state index contributed by atoms with van der Waals surface area (Å²) in [6, 6.07) is 5.93. The summed E-state index contributed by atoms with van der Waals surface area (Å²) in [5.41, 5.74) is 2.14. The zero-order valence-electron chi connectivity index (χ0n) is 6.26. The highest BCUT2D eigenvalue weighted by atomic mass is 16.3. The van der Waals surface area contributed by atoms with Crippen LogP contribution in [0.2, 0.25) is 0 Å². The summed E-state index contributed by atoms with van der Waals surface area (Å²) in [6.45, 7) is 2.01. The Morgan fingerprint density at radius 2 is 2.18 bits per heavy atom. The van der Waals surface area contributed by atoms with Crippen LogP contribution in [0.1, 0.15) is 5.56 Å². The maximum atomic E-state index is 9.30. The van der Waals surface area contributed by atoms with Crippen LogP contribution in [0.25, 0.3) is 10.9 Å². The average molecular weight is 147 g/mol. The van der Waals surface area contributed by atoms with E-state index in [4.69, 9.17) is 0 Å². The molecule has 0 atom stereocenters. The first-order chi connectivity index (χ1) is 5.27. The average Bonchev–Trinajstić information content (AvgIpc) is 2.33. The van der Waals surface area contributed by atoms with E-state index < -0.39 is 0 Å². The van der Waals surface area contributed by atoms with E-state index in [9.17, 15) is 5.11 Å². The van der Waals surface area contributed by atoms with Crippen molar-refractivity contribution in [2.75, 3.05) is 0 Å². The molecule has 2 nitrogen and oxygen atoms in total. The van der Waals surface area contributed by atoms with E-state index in [0.717, 1.165) is 16.5 Å². The second kappa shape index (κ2) is 2.02. The molecule has 0 spiro atoms. The summed E-state index contributed by atoms with van der Waals surface area (Å²) < 4.78 is 0. The smallest absolute Gasteiger partial charge is 0.140 e. The minimum atomic E-state index is 0.323. The Morgan fingerprint density at radius 1 is 1.36 bits per heavy atom. The van der Waals surface area contributed by atoms with Crippen molar-refractivity contribution in [2.24, 2.45) is 0 Å². The lowest BCUT2D eigenvalue weighted by Crippen LogP contribution is -1.70. The zero-order valence-corrected chi connectivity index (χ0v) is 6.26. The van der Waals surface area contributed by atoms with Crippen molar-refractivity contribution in [3.05, 3.63) is 30.0 Å². The van der Waals surface area contributed by atoms with Crippen LogP contribution < -0.4 is 0 Å². The Kier molecular flexibility index (Phi) is 1.15. The molecule has 1 heterocycles. The number of hydrogen-bond acceptors (Lipinski definition) is 1. The molecule has 0 saturated heterocycles. The SMILES string of the molecule is Cc1ccc2[nH]cc(O)c2c1. The molecule has 0 radical (unpaired) electrons. The van der Waals surface area contributed by atoms with E-state index in [2.05, 4.69) is 4.98 Å². The predicted molar refractivity (Wildman–Crippen MR) is 44.7 cm³/mol. The standard InChI is InChI=1S/C9H9NO/c1-6-2-3-8-7(4-6)9(11)5-10-8/h2-5,10-11H,1H3. The number of hydrogen-bond donors (Lipinski definition) is 2. The largest absolute Gasteiger partial charge is 0.506 e. The highest BCUT2D eigenvalue weighted by Crippen LogP contribution is 2.24. The van der Waals surface area contributed by atoms with E-state index >= 15 is 0 Å². The number of nitrogens with one attached hydrogen (secondary N) is 1. The van der Waals surface area contributed by atoms with Gasteiger partial charge in [0.2, 0.25) is 0 Å². The van der Waals surface area contributed by atoms with Crippen LogP contribution in [0.5, 0.6) is 5.75 Å². The Hall–Kier alpha value is -1.44. The van der Waals surface area contributed by atoms with Gasteiger partial charge in [-0.25, -0.2) is 0 Å². The molecule has 0 amide bonds. The minimum Gasteiger partial charge on any atom is -0.506 e. The lowest BCUT2D eigenvalue weighted by atomic mass is 10.2. The van der Waals surface area contributed by atoms with Crippen molar-refractivity contribution in [1.29, 1.82) is 0 Å². The maximum absolute atomic E-state index is 9.30. The monoisotopic (exact) mass is 147 g/mol. The maximum Gasteiger partial charge on any atom is 0.140 e. The molecule has 2 heteroatoms. The molecule has 0 fully saturated rings. The summed E-state index contributed by atoms with van der Waals surface area (Å²) in [6.07, 6.45) is 1.60. The number of aromatic nitrogens is 1. The Bertz CT molecular complexity index is 389. The van der Waals surface area contributed by atoms with Crippen LogP contribution in [0.3, 0.4) is 0 Å². The normalized spacial score (nSPS) is 10.6.